The Bertz CT molecular complexity index is 464. The normalized spacial score (nSPS) is 26.4. The van der Waals surface area contributed by atoms with Gasteiger partial charge in [0.05, 0.1) is 5.92 Å². The van der Waals surface area contributed by atoms with E-state index < -0.39 is 5.97 Å². The number of hydrogen-bond acceptors (Lipinski definition) is 2. The molecule has 0 heterocycles. The molecule has 1 aromatic carbocycles. The first kappa shape index (κ1) is 15.7. The number of aliphatic carboxylic acids is 1. The van der Waals surface area contributed by atoms with Crippen molar-refractivity contribution >= 4 is 29.3 Å². The first-order chi connectivity index (χ1) is 9.60. The Morgan fingerprint density at radius 3 is 2.90 bits per heavy atom. The zero-order valence-corrected chi connectivity index (χ0v) is 13.3. The Hall–Kier alpha value is -0.670. The van der Waals surface area contributed by atoms with Gasteiger partial charge in [-0.2, -0.15) is 0 Å². The highest BCUT2D eigenvalue weighted by atomic mass is 35.5. The highest BCUT2D eigenvalue weighted by Gasteiger charge is 2.35. The Kier molecular flexibility index (Phi) is 5.79. The molecule has 1 fully saturated rings. The Balaban J connectivity index is 2.08. The maximum atomic E-state index is 11.4. The molecule has 0 radical (unpaired) electrons. The molecule has 3 unspecified atom stereocenters. The molecule has 1 aliphatic carbocycles. The molecular weight excluding hydrogens is 292 g/mol. The van der Waals surface area contributed by atoms with Crippen molar-refractivity contribution in [3.63, 3.8) is 0 Å². The molecule has 1 N–H and O–H groups in total. The van der Waals surface area contributed by atoms with Crippen molar-refractivity contribution in [3.8, 4) is 0 Å². The van der Waals surface area contributed by atoms with Crippen LogP contribution < -0.4 is 0 Å². The lowest BCUT2D eigenvalue weighted by Crippen LogP contribution is -2.32. The number of benzene rings is 1. The zero-order valence-electron chi connectivity index (χ0n) is 11.7. The minimum Gasteiger partial charge on any atom is -0.481 e. The monoisotopic (exact) mass is 312 g/mol. The summed E-state index contributed by atoms with van der Waals surface area (Å²) in [5.74, 6) is -0.209. The van der Waals surface area contributed by atoms with Crippen molar-refractivity contribution in [3.05, 3.63) is 29.3 Å². The van der Waals surface area contributed by atoms with Crippen molar-refractivity contribution in [2.45, 2.75) is 49.2 Å². The molecule has 110 valence electrons. The largest absolute Gasteiger partial charge is 0.481 e. The molecule has 0 spiro atoms. The van der Waals surface area contributed by atoms with Gasteiger partial charge in [-0.05, 0) is 43.4 Å². The number of rotatable bonds is 5. The van der Waals surface area contributed by atoms with Crippen LogP contribution >= 0.6 is 23.4 Å². The second-order valence-corrected chi connectivity index (χ2v) is 7.28. The van der Waals surface area contributed by atoms with Crippen molar-refractivity contribution in [1.29, 1.82) is 0 Å². The van der Waals surface area contributed by atoms with Gasteiger partial charge in [0.2, 0.25) is 0 Å². The molecule has 4 heteroatoms. The summed E-state index contributed by atoms with van der Waals surface area (Å²) in [6.45, 7) is 2.20. The minimum atomic E-state index is -0.653. The molecule has 0 bridgehead atoms. The van der Waals surface area contributed by atoms with Gasteiger partial charge in [0.15, 0.2) is 0 Å². The molecule has 2 rings (SSSR count). The van der Waals surface area contributed by atoms with Crippen LogP contribution in [0.2, 0.25) is 5.02 Å². The molecular formula is C16H21ClO2S. The fourth-order valence-corrected chi connectivity index (χ4v) is 4.75. The average molecular weight is 313 g/mol. The fraction of sp³-hybridized carbons (Fsp3) is 0.562. The molecule has 0 amide bonds. The summed E-state index contributed by atoms with van der Waals surface area (Å²) in [5.41, 5.74) is 0. The predicted molar refractivity (Wildman–Crippen MR) is 84.5 cm³/mol. The summed E-state index contributed by atoms with van der Waals surface area (Å²) >= 11 is 7.69. The van der Waals surface area contributed by atoms with Gasteiger partial charge in [-0.15, -0.1) is 11.8 Å². The van der Waals surface area contributed by atoms with E-state index in [0.717, 1.165) is 24.2 Å². The number of carboxylic acid groups (broad SMARTS) is 1. The van der Waals surface area contributed by atoms with E-state index in [9.17, 15) is 9.90 Å². The molecule has 1 saturated carbocycles. The molecule has 1 aliphatic rings. The van der Waals surface area contributed by atoms with Crippen LogP contribution in [0.15, 0.2) is 29.2 Å². The second-order valence-electron chi connectivity index (χ2n) is 5.53. The van der Waals surface area contributed by atoms with Gasteiger partial charge < -0.3 is 5.11 Å². The van der Waals surface area contributed by atoms with Crippen LogP contribution in [-0.4, -0.2) is 16.3 Å². The third-order valence-electron chi connectivity index (χ3n) is 4.00. The van der Waals surface area contributed by atoms with Crippen LogP contribution in [0.3, 0.4) is 0 Å². The Morgan fingerprint density at radius 2 is 2.25 bits per heavy atom. The summed E-state index contributed by atoms with van der Waals surface area (Å²) in [4.78, 5) is 12.5. The molecule has 2 nitrogen and oxygen atoms in total. The summed E-state index contributed by atoms with van der Waals surface area (Å²) in [7, 11) is 0. The standard InChI is InChI=1S/C16H21ClO2S/c1-2-4-11-7-8-14(16(18)19)15(9-11)20-13-6-3-5-12(17)10-13/h3,5-6,10-11,14-15H,2,4,7-9H2,1H3,(H,18,19). The van der Waals surface area contributed by atoms with Gasteiger partial charge in [-0.25, -0.2) is 0 Å². The SMILES string of the molecule is CCCC1CCC(C(=O)O)C(Sc2cccc(Cl)c2)C1. The highest BCUT2D eigenvalue weighted by Crippen LogP contribution is 2.41. The van der Waals surface area contributed by atoms with Crippen LogP contribution in [0, 0.1) is 11.8 Å². The molecule has 1 aromatic rings. The van der Waals surface area contributed by atoms with Crippen molar-refractivity contribution in [2.24, 2.45) is 11.8 Å². The van der Waals surface area contributed by atoms with E-state index in [0.29, 0.717) is 10.9 Å². The number of thioether (sulfide) groups is 1. The Labute approximate surface area is 129 Å². The topological polar surface area (TPSA) is 37.3 Å². The Morgan fingerprint density at radius 1 is 1.45 bits per heavy atom. The van der Waals surface area contributed by atoms with Gasteiger partial charge in [0.25, 0.3) is 0 Å². The third-order valence-corrected chi connectivity index (χ3v) is 5.58. The first-order valence-electron chi connectivity index (χ1n) is 7.25. The summed E-state index contributed by atoms with van der Waals surface area (Å²) in [5, 5.41) is 10.3. The van der Waals surface area contributed by atoms with E-state index in [1.54, 1.807) is 11.8 Å². The maximum Gasteiger partial charge on any atom is 0.307 e. The van der Waals surface area contributed by atoms with E-state index in [4.69, 9.17) is 11.6 Å². The molecule has 0 aromatic heterocycles. The van der Waals surface area contributed by atoms with Gasteiger partial charge in [0, 0.05) is 15.2 Å². The molecule has 3 atom stereocenters. The molecule has 0 saturated heterocycles. The lowest BCUT2D eigenvalue weighted by molar-refractivity contribution is -0.142. The third kappa shape index (κ3) is 4.16. The number of carbonyl (C=O) groups is 1. The van der Waals surface area contributed by atoms with Crippen molar-refractivity contribution in [2.75, 3.05) is 0 Å². The summed E-state index contributed by atoms with van der Waals surface area (Å²) in [6, 6.07) is 7.71. The number of halogens is 1. The van der Waals surface area contributed by atoms with Crippen LogP contribution in [-0.2, 0) is 4.79 Å². The zero-order chi connectivity index (χ0) is 14.5. The number of carboxylic acids is 1. The number of hydrogen-bond donors (Lipinski definition) is 1. The van der Waals surface area contributed by atoms with E-state index in [1.807, 2.05) is 24.3 Å². The van der Waals surface area contributed by atoms with Crippen LogP contribution in [0.5, 0.6) is 0 Å². The second kappa shape index (κ2) is 7.37. The van der Waals surface area contributed by atoms with Crippen LogP contribution in [0.4, 0.5) is 0 Å². The molecule has 0 aliphatic heterocycles. The molecule has 20 heavy (non-hydrogen) atoms. The van der Waals surface area contributed by atoms with Crippen LogP contribution in [0.1, 0.15) is 39.0 Å². The minimum absolute atomic E-state index is 0.163. The van der Waals surface area contributed by atoms with E-state index in [-0.39, 0.29) is 11.2 Å². The highest BCUT2D eigenvalue weighted by molar-refractivity contribution is 8.00. The quantitative estimate of drug-likeness (QED) is 0.821. The predicted octanol–water partition coefficient (Wildman–Crippen LogP) is 5.10. The van der Waals surface area contributed by atoms with Gasteiger partial charge >= 0.3 is 5.97 Å². The average Bonchev–Trinajstić information content (AvgIpc) is 2.39. The van der Waals surface area contributed by atoms with E-state index >= 15 is 0 Å². The van der Waals surface area contributed by atoms with Crippen molar-refractivity contribution < 1.29 is 9.90 Å². The van der Waals surface area contributed by atoms with Crippen LogP contribution in [0.25, 0.3) is 0 Å². The lowest BCUT2D eigenvalue weighted by atomic mass is 9.80. The first-order valence-corrected chi connectivity index (χ1v) is 8.51. The van der Waals surface area contributed by atoms with Gasteiger partial charge in [-0.3, -0.25) is 4.79 Å². The van der Waals surface area contributed by atoms with Gasteiger partial charge in [0.1, 0.15) is 0 Å². The lowest BCUT2D eigenvalue weighted by Gasteiger charge is -2.33. The maximum absolute atomic E-state index is 11.4. The summed E-state index contributed by atoms with van der Waals surface area (Å²) in [6.07, 6.45) is 5.24. The van der Waals surface area contributed by atoms with E-state index in [1.165, 1.54) is 12.8 Å². The fourth-order valence-electron chi connectivity index (χ4n) is 3.01. The van der Waals surface area contributed by atoms with Gasteiger partial charge in [-0.1, -0.05) is 37.4 Å². The smallest absolute Gasteiger partial charge is 0.307 e. The van der Waals surface area contributed by atoms with E-state index in [2.05, 4.69) is 6.92 Å². The van der Waals surface area contributed by atoms with Crippen molar-refractivity contribution in [1.82, 2.24) is 0 Å². The summed E-state index contributed by atoms with van der Waals surface area (Å²) < 4.78 is 0.